The van der Waals surface area contributed by atoms with E-state index >= 15 is 0 Å². The summed E-state index contributed by atoms with van der Waals surface area (Å²) >= 11 is 12.5. The van der Waals surface area contributed by atoms with Crippen molar-refractivity contribution in [1.29, 1.82) is 0 Å². The fourth-order valence-corrected chi connectivity index (χ4v) is 5.56. The number of carbonyl (C=O) groups excluding carboxylic acids is 1. The molecule has 1 atom stereocenters. The Balaban J connectivity index is 1.75. The van der Waals surface area contributed by atoms with Crippen LogP contribution in [0.4, 0.5) is 0 Å². The lowest BCUT2D eigenvalue weighted by Gasteiger charge is -2.29. The molecule has 1 unspecified atom stereocenters. The lowest BCUT2D eigenvalue weighted by atomic mass is 9.69. The lowest BCUT2D eigenvalue weighted by Crippen LogP contribution is -2.31. The van der Waals surface area contributed by atoms with Crippen molar-refractivity contribution >= 4 is 34.6 Å². The van der Waals surface area contributed by atoms with E-state index in [2.05, 4.69) is 24.0 Å². The molecule has 5 aromatic carbocycles. The van der Waals surface area contributed by atoms with Gasteiger partial charge < -0.3 is 0 Å². The third-order valence-corrected chi connectivity index (χ3v) is 7.57. The van der Waals surface area contributed by atoms with Gasteiger partial charge in [-0.15, -0.1) is 0 Å². The largest absolute Gasteiger partial charge is 0.289 e. The van der Waals surface area contributed by atoms with Crippen molar-refractivity contribution in [3.05, 3.63) is 182 Å². The SMILES string of the molecule is O=C(C1=C(c2ccccc2)c2ccccc2C1(C#Cc1ccccc1)c1ccc(Cl)cc1)c1ccc(Cl)cc1. The lowest BCUT2D eigenvalue weighted by molar-refractivity contribution is 0.102. The molecule has 0 saturated carbocycles. The number of allylic oxidation sites excluding steroid dienone is 1. The van der Waals surface area contributed by atoms with Crippen molar-refractivity contribution in [2.45, 2.75) is 5.41 Å². The van der Waals surface area contributed by atoms with Crippen LogP contribution in [0.15, 0.2) is 139 Å². The van der Waals surface area contributed by atoms with Crippen LogP contribution in [-0.2, 0) is 5.41 Å². The van der Waals surface area contributed by atoms with Crippen LogP contribution in [0.25, 0.3) is 5.57 Å². The Bertz CT molecular complexity index is 1760. The Morgan fingerprint density at radius 3 is 1.85 bits per heavy atom. The molecule has 0 amide bonds. The van der Waals surface area contributed by atoms with Crippen molar-refractivity contribution in [2.24, 2.45) is 0 Å². The number of fused-ring (bicyclic) bond motifs is 1. The highest BCUT2D eigenvalue weighted by Gasteiger charge is 2.49. The summed E-state index contributed by atoms with van der Waals surface area (Å²) in [5, 5.41) is 1.19. The van der Waals surface area contributed by atoms with Gasteiger partial charge in [0, 0.05) is 26.7 Å². The molecular weight excluding hydrogens is 519 g/mol. The minimum absolute atomic E-state index is 0.0981. The number of hydrogen-bond donors (Lipinski definition) is 0. The summed E-state index contributed by atoms with van der Waals surface area (Å²) in [5.41, 5.74) is 5.66. The number of benzene rings is 5. The van der Waals surface area contributed by atoms with Crippen LogP contribution < -0.4 is 0 Å². The highest BCUT2D eigenvalue weighted by Crippen LogP contribution is 2.53. The van der Waals surface area contributed by atoms with E-state index in [0.717, 1.165) is 33.4 Å². The summed E-state index contributed by atoms with van der Waals surface area (Å²) in [4.78, 5) is 14.7. The molecule has 0 bridgehead atoms. The van der Waals surface area contributed by atoms with Crippen LogP contribution in [0.2, 0.25) is 10.0 Å². The predicted octanol–water partition coefficient (Wildman–Crippen LogP) is 9.03. The van der Waals surface area contributed by atoms with Gasteiger partial charge in [0.1, 0.15) is 5.41 Å². The van der Waals surface area contributed by atoms with Crippen LogP contribution in [0.5, 0.6) is 0 Å². The summed E-state index contributed by atoms with van der Waals surface area (Å²) in [7, 11) is 0. The fourth-order valence-electron chi connectivity index (χ4n) is 5.31. The molecule has 186 valence electrons. The number of halogens is 2. The molecule has 0 heterocycles. The Kier molecular flexibility index (Phi) is 6.67. The molecule has 6 rings (SSSR count). The van der Waals surface area contributed by atoms with Crippen molar-refractivity contribution in [1.82, 2.24) is 0 Å². The first-order valence-corrected chi connectivity index (χ1v) is 13.4. The first-order valence-electron chi connectivity index (χ1n) is 12.6. The molecule has 0 radical (unpaired) electrons. The maximum Gasteiger partial charge on any atom is 0.191 e. The van der Waals surface area contributed by atoms with Crippen LogP contribution in [0.1, 0.15) is 38.2 Å². The van der Waals surface area contributed by atoms with E-state index in [1.54, 1.807) is 24.3 Å². The molecule has 0 aromatic heterocycles. The van der Waals surface area contributed by atoms with Gasteiger partial charge in [0.15, 0.2) is 5.78 Å². The zero-order valence-electron chi connectivity index (χ0n) is 20.9. The molecule has 39 heavy (non-hydrogen) atoms. The fraction of sp³-hybridized carbons (Fsp3) is 0.0278. The van der Waals surface area contributed by atoms with Crippen LogP contribution >= 0.6 is 23.2 Å². The van der Waals surface area contributed by atoms with E-state index in [0.29, 0.717) is 21.2 Å². The van der Waals surface area contributed by atoms with Gasteiger partial charge in [-0.3, -0.25) is 4.79 Å². The average molecular weight is 541 g/mol. The smallest absolute Gasteiger partial charge is 0.191 e. The van der Waals surface area contributed by atoms with Gasteiger partial charge >= 0.3 is 0 Å². The zero-order chi connectivity index (χ0) is 26.8. The summed E-state index contributed by atoms with van der Waals surface area (Å²) in [6.07, 6.45) is 0. The highest BCUT2D eigenvalue weighted by molar-refractivity contribution is 6.31. The summed E-state index contributed by atoms with van der Waals surface area (Å²) in [6, 6.07) is 42.8. The van der Waals surface area contributed by atoms with Gasteiger partial charge in [0.2, 0.25) is 0 Å². The Hall–Kier alpha value is -4.35. The van der Waals surface area contributed by atoms with Crippen LogP contribution in [0.3, 0.4) is 0 Å². The number of hydrogen-bond acceptors (Lipinski definition) is 1. The van der Waals surface area contributed by atoms with Crippen LogP contribution in [0, 0.1) is 11.8 Å². The first-order chi connectivity index (χ1) is 19.1. The summed E-state index contributed by atoms with van der Waals surface area (Å²) < 4.78 is 0. The number of ketones is 1. The Morgan fingerprint density at radius 1 is 0.615 bits per heavy atom. The van der Waals surface area contributed by atoms with Crippen molar-refractivity contribution in [3.8, 4) is 11.8 Å². The molecule has 5 aromatic rings. The number of Topliss-reactive ketones (excluding diaryl/α,β-unsaturated/α-hetero) is 1. The normalized spacial score (nSPS) is 15.8. The van der Waals surface area contributed by atoms with E-state index in [-0.39, 0.29) is 5.78 Å². The minimum Gasteiger partial charge on any atom is -0.289 e. The standard InChI is InChI=1S/C36H22Cl2O/c37-29-19-15-27(16-20-29)35(39)34-33(26-11-5-2-6-12-26)31-13-7-8-14-32(31)36(34,28-17-21-30(38)22-18-28)24-23-25-9-3-1-4-10-25/h1-22H. The molecular formula is C36H22Cl2O. The maximum atomic E-state index is 14.7. The van der Waals surface area contributed by atoms with Crippen molar-refractivity contribution in [2.75, 3.05) is 0 Å². The Morgan fingerprint density at radius 2 is 1.18 bits per heavy atom. The van der Waals surface area contributed by atoms with E-state index in [1.807, 2.05) is 97.1 Å². The van der Waals surface area contributed by atoms with Crippen molar-refractivity contribution < 1.29 is 4.79 Å². The molecule has 1 aliphatic carbocycles. The molecule has 0 N–H and O–H groups in total. The third kappa shape index (κ3) is 4.49. The second-order valence-electron chi connectivity index (χ2n) is 9.37. The second-order valence-corrected chi connectivity index (χ2v) is 10.2. The van der Waals surface area contributed by atoms with Gasteiger partial charge in [0.05, 0.1) is 0 Å². The van der Waals surface area contributed by atoms with E-state index in [1.165, 1.54) is 0 Å². The third-order valence-electron chi connectivity index (χ3n) is 7.07. The Labute approximate surface area is 238 Å². The molecule has 0 aliphatic heterocycles. The quantitative estimate of drug-likeness (QED) is 0.164. The average Bonchev–Trinajstić information content (AvgIpc) is 3.28. The van der Waals surface area contributed by atoms with Crippen LogP contribution in [-0.4, -0.2) is 5.78 Å². The number of rotatable bonds is 4. The highest BCUT2D eigenvalue weighted by atomic mass is 35.5. The molecule has 1 nitrogen and oxygen atoms in total. The molecule has 0 spiro atoms. The van der Waals surface area contributed by atoms with E-state index in [4.69, 9.17) is 23.2 Å². The van der Waals surface area contributed by atoms with Gasteiger partial charge in [-0.25, -0.2) is 0 Å². The number of carbonyl (C=O) groups is 1. The minimum atomic E-state index is -1.04. The van der Waals surface area contributed by atoms with E-state index < -0.39 is 5.41 Å². The predicted molar refractivity (Wildman–Crippen MR) is 160 cm³/mol. The maximum absolute atomic E-state index is 14.7. The molecule has 1 aliphatic rings. The van der Waals surface area contributed by atoms with Gasteiger partial charge in [-0.2, -0.15) is 0 Å². The topological polar surface area (TPSA) is 17.1 Å². The second kappa shape index (κ2) is 10.4. The van der Waals surface area contributed by atoms with Crippen molar-refractivity contribution in [3.63, 3.8) is 0 Å². The molecule has 0 saturated heterocycles. The van der Waals surface area contributed by atoms with Gasteiger partial charge in [0.25, 0.3) is 0 Å². The molecule has 3 heteroatoms. The monoisotopic (exact) mass is 540 g/mol. The van der Waals surface area contributed by atoms with Gasteiger partial charge in [-0.05, 0) is 76.4 Å². The first kappa shape index (κ1) is 25.0. The summed E-state index contributed by atoms with van der Waals surface area (Å²) in [6.45, 7) is 0. The zero-order valence-corrected chi connectivity index (χ0v) is 22.4. The van der Waals surface area contributed by atoms with E-state index in [9.17, 15) is 4.79 Å². The summed E-state index contributed by atoms with van der Waals surface area (Å²) in [5.74, 6) is 6.93. The van der Waals surface area contributed by atoms with Gasteiger partial charge in [-0.1, -0.05) is 120 Å². The molecule has 0 fully saturated rings.